The molecule has 1 N–H and O–H groups in total. The molecule has 84 valence electrons. The van der Waals surface area contributed by atoms with Crippen molar-refractivity contribution in [1.82, 2.24) is 24.7 Å². The van der Waals surface area contributed by atoms with E-state index in [-0.39, 0.29) is 5.91 Å². The molecule has 0 fully saturated rings. The third-order valence-corrected chi connectivity index (χ3v) is 2.46. The van der Waals surface area contributed by atoms with Crippen LogP contribution in [0.3, 0.4) is 0 Å². The Morgan fingerprint density at radius 1 is 1.35 bits per heavy atom. The smallest absolute Gasteiger partial charge is 0.245 e. The van der Waals surface area contributed by atoms with Gasteiger partial charge in [0.1, 0.15) is 5.69 Å². The van der Waals surface area contributed by atoms with Crippen LogP contribution in [-0.2, 0) is 0 Å². The molecule has 17 heavy (non-hydrogen) atoms. The van der Waals surface area contributed by atoms with Gasteiger partial charge in [-0.25, -0.2) is 9.97 Å². The van der Waals surface area contributed by atoms with Crippen molar-refractivity contribution in [3.05, 3.63) is 30.7 Å². The van der Waals surface area contributed by atoms with Crippen LogP contribution in [0.15, 0.2) is 30.7 Å². The molecule has 0 saturated carbocycles. The monoisotopic (exact) mass is 227 g/mol. The minimum Gasteiger partial charge on any atom is -0.343 e. The summed E-state index contributed by atoms with van der Waals surface area (Å²) < 4.78 is 1.28. The molecule has 6 nitrogen and oxygen atoms in total. The Bertz CT molecular complexity index is 683. The fourth-order valence-electron chi connectivity index (χ4n) is 1.74. The van der Waals surface area contributed by atoms with Crippen LogP contribution in [0, 0.1) is 0 Å². The average molecular weight is 227 g/mol. The predicted molar refractivity (Wildman–Crippen MR) is 61.4 cm³/mol. The van der Waals surface area contributed by atoms with Gasteiger partial charge in [0.2, 0.25) is 5.91 Å². The maximum atomic E-state index is 11.5. The van der Waals surface area contributed by atoms with Crippen molar-refractivity contribution in [2.75, 3.05) is 0 Å². The third kappa shape index (κ3) is 1.42. The van der Waals surface area contributed by atoms with Crippen LogP contribution in [0.5, 0.6) is 0 Å². The highest BCUT2D eigenvalue weighted by atomic mass is 16.2. The zero-order valence-electron chi connectivity index (χ0n) is 9.08. The van der Waals surface area contributed by atoms with Gasteiger partial charge in [0.05, 0.1) is 5.39 Å². The van der Waals surface area contributed by atoms with Gasteiger partial charge < -0.3 is 4.98 Å². The van der Waals surface area contributed by atoms with Crippen molar-refractivity contribution in [2.24, 2.45) is 0 Å². The van der Waals surface area contributed by atoms with Gasteiger partial charge in [0.25, 0.3) is 0 Å². The Morgan fingerprint density at radius 3 is 2.94 bits per heavy atom. The van der Waals surface area contributed by atoms with Gasteiger partial charge >= 0.3 is 0 Å². The van der Waals surface area contributed by atoms with E-state index in [0.717, 1.165) is 5.39 Å². The van der Waals surface area contributed by atoms with Crippen LogP contribution in [0.2, 0.25) is 0 Å². The number of hydrogen-bond donors (Lipinski definition) is 1. The Balaban J connectivity index is 2.37. The third-order valence-electron chi connectivity index (χ3n) is 2.46. The fourth-order valence-corrected chi connectivity index (χ4v) is 1.74. The second-order valence-electron chi connectivity index (χ2n) is 3.59. The number of aromatic amines is 1. The number of nitrogens with one attached hydrogen (secondary N) is 1. The summed E-state index contributed by atoms with van der Waals surface area (Å²) in [5, 5.41) is 5.05. The molecule has 3 rings (SSSR count). The van der Waals surface area contributed by atoms with Crippen LogP contribution in [0.4, 0.5) is 0 Å². The quantitative estimate of drug-likeness (QED) is 0.683. The normalized spacial score (nSPS) is 10.9. The van der Waals surface area contributed by atoms with E-state index in [1.54, 1.807) is 24.7 Å². The molecule has 0 radical (unpaired) electrons. The highest BCUT2D eigenvalue weighted by molar-refractivity contribution is 5.95. The van der Waals surface area contributed by atoms with E-state index in [1.165, 1.54) is 11.6 Å². The second kappa shape index (κ2) is 3.51. The summed E-state index contributed by atoms with van der Waals surface area (Å²) >= 11 is 0. The Morgan fingerprint density at radius 2 is 2.24 bits per heavy atom. The van der Waals surface area contributed by atoms with Crippen molar-refractivity contribution in [1.29, 1.82) is 0 Å². The lowest BCUT2D eigenvalue weighted by molar-refractivity contribution is 0.0926. The zero-order valence-corrected chi connectivity index (χ0v) is 9.08. The van der Waals surface area contributed by atoms with E-state index in [2.05, 4.69) is 20.1 Å². The Labute approximate surface area is 96.3 Å². The van der Waals surface area contributed by atoms with E-state index in [0.29, 0.717) is 17.2 Å². The molecule has 0 spiro atoms. The first-order chi connectivity index (χ1) is 8.27. The van der Waals surface area contributed by atoms with Crippen LogP contribution in [-0.4, -0.2) is 30.6 Å². The maximum Gasteiger partial charge on any atom is 0.245 e. The molecular formula is C11H9N5O. The van der Waals surface area contributed by atoms with Gasteiger partial charge in [-0.1, -0.05) is 0 Å². The summed E-state index contributed by atoms with van der Waals surface area (Å²) in [7, 11) is 0. The fraction of sp³-hybridized carbons (Fsp3) is 0.0909. The minimum absolute atomic E-state index is 0.175. The average Bonchev–Trinajstić information content (AvgIpc) is 2.95. The molecule has 0 aliphatic heterocycles. The Kier molecular flexibility index (Phi) is 2.01. The number of imidazole rings is 1. The number of hydrogen-bond acceptors (Lipinski definition) is 4. The van der Waals surface area contributed by atoms with Crippen molar-refractivity contribution >= 4 is 16.9 Å². The van der Waals surface area contributed by atoms with E-state index < -0.39 is 0 Å². The molecule has 0 atom stereocenters. The number of pyridine rings is 1. The van der Waals surface area contributed by atoms with E-state index in [9.17, 15) is 4.79 Å². The van der Waals surface area contributed by atoms with Crippen LogP contribution in [0.25, 0.3) is 22.6 Å². The molecule has 0 bridgehead atoms. The number of nitrogens with zero attached hydrogens (tertiary/aromatic N) is 4. The molecule has 0 aliphatic rings. The number of aromatic nitrogens is 5. The van der Waals surface area contributed by atoms with Crippen molar-refractivity contribution in [3.63, 3.8) is 0 Å². The molecule has 0 aliphatic carbocycles. The highest BCUT2D eigenvalue weighted by Crippen LogP contribution is 2.23. The predicted octanol–water partition coefficient (Wildman–Crippen LogP) is 1.48. The minimum atomic E-state index is -0.175. The summed E-state index contributed by atoms with van der Waals surface area (Å²) in [6.45, 7) is 1.45. The summed E-state index contributed by atoms with van der Waals surface area (Å²) in [4.78, 5) is 22.8. The number of carbonyl (C=O) groups excluding carboxylic acids is 1. The number of rotatable bonds is 1. The molecule has 0 aromatic carbocycles. The number of carbonyl (C=O) groups is 1. The number of H-pyrrole nitrogens is 1. The molecule has 6 heteroatoms. The lowest BCUT2D eigenvalue weighted by atomic mass is 10.2. The van der Waals surface area contributed by atoms with Crippen LogP contribution in [0.1, 0.15) is 11.7 Å². The summed E-state index contributed by atoms with van der Waals surface area (Å²) in [6, 6.07) is 3.67. The SMILES string of the molecule is CC(=O)n1nc(-c2ncc[nH]2)c2cccnc21. The largest absolute Gasteiger partial charge is 0.343 e. The summed E-state index contributed by atoms with van der Waals surface area (Å²) in [5.74, 6) is 0.453. The van der Waals surface area contributed by atoms with E-state index in [4.69, 9.17) is 0 Å². The van der Waals surface area contributed by atoms with Gasteiger partial charge in [-0.15, -0.1) is 0 Å². The molecule has 3 aromatic heterocycles. The van der Waals surface area contributed by atoms with Crippen LogP contribution < -0.4 is 0 Å². The first-order valence-electron chi connectivity index (χ1n) is 5.12. The van der Waals surface area contributed by atoms with Gasteiger partial charge in [-0.05, 0) is 12.1 Å². The van der Waals surface area contributed by atoms with E-state index >= 15 is 0 Å². The molecule has 3 aromatic rings. The highest BCUT2D eigenvalue weighted by Gasteiger charge is 2.16. The molecular weight excluding hydrogens is 218 g/mol. The first-order valence-corrected chi connectivity index (χ1v) is 5.12. The molecule has 0 saturated heterocycles. The summed E-state index contributed by atoms with van der Waals surface area (Å²) in [6.07, 6.45) is 4.99. The van der Waals surface area contributed by atoms with Gasteiger partial charge in [-0.3, -0.25) is 4.79 Å². The molecule has 0 unspecified atom stereocenters. The topological polar surface area (TPSA) is 76.5 Å². The first kappa shape index (κ1) is 9.71. The van der Waals surface area contributed by atoms with Gasteiger partial charge in [0, 0.05) is 25.5 Å². The zero-order chi connectivity index (χ0) is 11.8. The molecule has 0 amide bonds. The van der Waals surface area contributed by atoms with Crippen molar-refractivity contribution in [2.45, 2.75) is 6.92 Å². The van der Waals surface area contributed by atoms with Crippen molar-refractivity contribution < 1.29 is 4.79 Å². The lowest BCUT2D eigenvalue weighted by Gasteiger charge is -1.93. The standard InChI is InChI=1S/C11H9N5O/c1-7(17)16-11-8(3-2-4-14-11)9(15-16)10-12-5-6-13-10/h2-6H,1H3,(H,12,13). The molecule has 3 heterocycles. The summed E-state index contributed by atoms with van der Waals surface area (Å²) in [5.41, 5.74) is 1.18. The second-order valence-corrected chi connectivity index (χ2v) is 3.59. The Hall–Kier alpha value is -2.50. The van der Waals surface area contributed by atoms with Crippen molar-refractivity contribution in [3.8, 4) is 11.5 Å². The van der Waals surface area contributed by atoms with Gasteiger partial charge in [-0.2, -0.15) is 9.78 Å². The maximum absolute atomic E-state index is 11.5. The van der Waals surface area contributed by atoms with Gasteiger partial charge in [0.15, 0.2) is 11.5 Å². The van der Waals surface area contributed by atoms with E-state index in [1.807, 2.05) is 6.07 Å². The number of fused-ring (bicyclic) bond motifs is 1. The van der Waals surface area contributed by atoms with Crippen LogP contribution >= 0.6 is 0 Å². The lowest BCUT2D eigenvalue weighted by Crippen LogP contribution is -2.07.